The average Bonchev–Trinajstić information content (AvgIpc) is 3.05. The van der Waals surface area contributed by atoms with Gasteiger partial charge in [0, 0.05) is 44.1 Å². The molecule has 3 aromatic heterocycles. The van der Waals surface area contributed by atoms with Crippen molar-refractivity contribution in [2.24, 2.45) is 7.05 Å². The first kappa shape index (κ1) is 11.5. The molecule has 0 saturated heterocycles. The first-order valence-corrected chi connectivity index (χ1v) is 6.86. The Balaban J connectivity index is 1.61. The van der Waals surface area contributed by atoms with E-state index in [0.717, 1.165) is 36.5 Å². The van der Waals surface area contributed by atoms with Crippen molar-refractivity contribution in [2.45, 2.75) is 25.4 Å². The van der Waals surface area contributed by atoms with Crippen molar-refractivity contribution in [1.29, 1.82) is 0 Å². The summed E-state index contributed by atoms with van der Waals surface area (Å²) in [4.78, 5) is 8.99. The quantitative estimate of drug-likeness (QED) is 0.766. The van der Waals surface area contributed by atoms with Crippen molar-refractivity contribution in [1.82, 2.24) is 24.3 Å². The number of hydrogen-bond donors (Lipinski definition) is 1. The Kier molecular flexibility index (Phi) is 2.48. The van der Waals surface area contributed by atoms with Crippen molar-refractivity contribution in [3.63, 3.8) is 0 Å². The molecule has 0 fully saturated rings. The van der Waals surface area contributed by atoms with Gasteiger partial charge in [-0.1, -0.05) is 0 Å². The zero-order valence-corrected chi connectivity index (χ0v) is 11.3. The number of aromatic nitrogens is 5. The highest BCUT2D eigenvalue weighted by atomic mass is 15.3. The monoisotopic (exact) mass is 268 g/mol. The van der Waals surface area contributed by atoms with E-state index in [-0.39, 0.29) is 0 Å². The molecule has 20 heavy (non-hydrogen) atoms. The lowest BCUT2D eigenvalue weighted by Gasteiger charge is -2.24. The summed E-state index contributed by atoms with van der Waals surface area (Å²) in [5, 5.41) is 7.85. The minimum Gasteiger partial charge on any atom is -0.352 e. The second kappa shape index (κ2) is 4.33. The van der Waals surface area contributed by atoms with Crippen molar-refractivity contribution in [3.8, 4) is 0 Å². The molecule has 6 heteroatoms. The molecule has 1 atom stereocenters. The molecule has 0 radical (unpaired) electrons. The van der Waals surface area contributed by atoms with Crippen molar-refractivity contribution in [2.75, 3.05) is 5.32 Å². The van der Waals surface area contributed by atoms with Gasteiger partial charge in [-0.3, -0.25) is 9.25 Å². The van der Waals surface area contributed by atoms with Crippen LogP contribution in [0.5, 0.6) is 0 Å². The highest BCUT2D eigenvalue weighted by Crippen LogP contribution is 2.20. The van der Waals surface area contributed by atoms with E-state index < -0.39 is 0 Å². The molecule has 1 aliphatic heterocycles. The molecule has 4 heterocycles. The number of rotatable bonds is 2. The maximum absolute atomic E-state index is 4.62. The van der Waals surface area contributed by atoms with Crippen LogP contribution in [-0.2, 0) is 20.0 Å². The van der Waals surface area contributed by atoms with Gasteiger partial charge in [0.05, 0.1) is 0 Å². The number of imidazole rings is 1. The number of nitrogens with one attached hydrogen (secondary N) is 1. The molecule has 4 rings (SSSR count). The first-order valence-electron chi connectivity index (χ1n) is 6.86. The van der Waals surface area contributed by atoms with E-state index in [0.29, 0.717) is 6.04 Å². The summed E-state index contributed by atoms with van der Waals surface area (Å²) in [6.45, 7) is 0.961. The van der Waals surface area contributed by atoms with Gasteiger partial charge in [-0.15, -0.1) is 0 Å². The topological polar surface area (TPSA) is 60.6 Å². The average molecular weight is 268 g/mol. The number of aryl methyl sites for hydroxylation is 2. The van der Waals surface area contributed by atoms with Crippen LogP contribution in [0.3, 0.4) is 0 Å². The zero-order valence-electron chi connectivity index (χ0n) is 11.3. The van der Waals surface area contributed by atoms with Gasteiger partial charge in [-0.05, 0) is 24.6 Å². The molecule has 102 valence electrons. The van der Waals surface area contributed by atoms with Crippen LogP contribution in [0, 0.1) is 0 Å². The lowest BCUT2D eigenvalue weighted by atomic mass is 10.0. The number of nitrogens with zero attached hydrogens (tertiary/aromatic N) is 5. The highest BCUT2D eigenvalue weighted by molar-refractivity contribution is 5.74. The van der Waals surface area contributed by atoms with Crippen molar-refractivity contribution in [3.05, 3.63) is 36.3 Å². The zero-order chi connectivity index (χ0) is 13.5. The Morgan fingerprint density at radius 3 is 3.15 bits per heavy atom. The Morgan fingerprint density at radius 2 is 2.25 bits per heavy atom. The van der Waals surface area contributed by atoms with Gasteiger partial charge in [0.2, 0.25) is 5.95 Å². The fourth-order valence-corrected chi connectivity index (χ4v) is 2.83. The Morgan fingerprint density at radius 1 is 1.30 bits per heavy atom. The molecule has 6 nitrogen and oxygen atoms in total. The van der Waals surface area contributed by atoms with Gasteiger partial charge < -0.3 is 5.32 Å². The molecule has 0 spiro atoms. The summed E-state index contributed by atoms with van der Waals surface area (Å²) in [6, 6.07) is 6.39. The van der Waals surface area contributed by atoms with Crippen molar-refractivity contribution >= 4 is 17.1 Å². The summed E-state index contributed by atoms with van der Waals surface area (Å²) in [6.07, 6.45) is 5.71. The fraction of sp³-hybridized carbons (Fsp3) is 0.357. The van der Waals surface area contributed by atoms with Crippen LogP contribution in [0.2, 0.25) is 0 Å². The molecular weight excluding hydrogens is 252 g/mol. The number of anilines is 1. The fourth-order valence-electron chi connectivity index (χ4n) is 2.83. The molecule has 1 aliphatic rings. The highest BCUT2D eigenvalue weighted by Gasteiger charge is 2.20. The van der Waals surface area contributed by atoms with Gasteiger partial charge in [0.15, 0.2) is 5.65 Å². The standard InChI is InChI=1S/C14H16N6/c1-19-13-12(3-2-6-15-13)18-14(19)17-10-5-8-20-11(9-10)4-7-16-20/h2-4,6-7,10H,5,8-9H2,1H3,(H,17,18). The maximum Gasteiger partial charge on any atom is 0.205 e. The number of fused-ring (bicyclic) bond motifs is 2. The SMILES string of the molecule is Cn1c(NC2CCn3nccc3C2)nc2cccnc21. The summed E-state index contributed by atoms with van der Waals surface area (Å²) in [5.41, 5.74) is 3.12. The molecule has 1 N–H and O–H groups in total. The van der Waals surface area contributed by atoms with Crippen LogP contribution >= 0.6 is 0 Å². The van der Waals surface area contributed by atoms with E-state index in [2.05, 4.69) is 31.1 Å². The van der Waals surface area contributed by atoms with Crippen LogP contribution in [0.4, 0.5) is 5.95 Å². The smallest absolute Gasteiger partial charge is 0.205 e. The van der Waals surface area contributed by atoms with E-state index in [1.165, 1.54) is 5.69 Å². The molecular formula is C14H16N6. The van der Waals surface area contributed by atoms with Crippen LogP contribution in [0.15, 0.2) is 30.6 Å². The van der Waals surface area contributed by atoms with Crippen LogP contribution < -0.4 is 5.32 Å². The first-order chi connectivity index (χ1) is 9.81. The van der Waals surface area contributed by atoms with Gasteiger partial charge in [0.25, 0.3) is 0 Å². The van der Waals surface area contributed by atoms with Crippen molar-refractivity contribution < 1.29 is 0 Å². The van der Waals surface area contributed by atoms with E-state index in [1.807, 2.05) is 29.9 Å². The molecule has 0 aliphatic carbocycles. The molecule has 0 amide bonds. The second-order valence-electron chi connectivity index (χ2n) is 5.22. The third-order valence-electron chi connectivity index (χ3n) is 3.91. The summed E-state index contributed by atoms with van der Waals surface area (Å²) in [7, 11) is 2.00. The third kappa shape index (κ3) is 1.76. The lowest BCUT2D eigenvalue weighted by molar-refractivity contribution is 0.453. The second-order valence-corrected chi connectivity index (χ2v) is 5.22. The summed E-state index contributed by atoms with van der Waals surface area (Å²) < 4.78 is 4.09. The normalized spacial score (nSPS) is 18.1. The van der Waals surface area contributed by atoms with E-state index in [9.17, 15) is 0 Å². The Labute approximate surface area is 116 Å². The van der Waals surface area contributed by atoms with E-state index >= 15 is 0 Å². The third-order valence-corrected chi connectivity index (χ3v) is 3.91. The van der Waals surface area contributed by atoms with Gasteiger partial charge in [-0.25, -0.2) is 9.97 Å². The lowest BCUT2D eigenvalue weighted by Crippen LogP contribution is -2.31. The molecule has 3 aromatic rings. The largest absolute Gasteiger partial charge is 0.352 e. The van der Waals surface area contributed by atoms with E-state index in [4.69, 9.17) is 0 Å². The minimum absolute atomic E-state index is 0.398. The van der Waals surface area contributed by atoms with Crippen LogP contribution in [0.1, 0.15) is 12.1 Å². The predicted octanol–water partition coefficient (Wildman–Crippen LogP) is 1.59. The molecule has 1 unspecified atom stereocenters. The van der Waals surface area contributed by atoms with Crippen LogP contribution in [-0.4, -0.2) is 30.4 Å². The van der Waals surface area contributed by atoms with Gasteiger partial charge in [-0.2, -0.15) is 5.10 Å². The van der Waals surface area contributed by atoms with Gasteiger partial charge >= 0.3 is 0 Å². The minimum atomic E-state index is 0.398. The van der Waals surface area contributed by atoms with E-state index in [1.54, 1.807) is 6.20 Å². The number of hydrogen-bond acceptors (Lipinski definition) is 4. The number of pyridine rings is 1. The predicted molar refractivity (Wildman–Crippen MR) is 76.5 cm³/mol. The molecule has 0 saturated carbocycles. The summed E-state index contributed by atoms with van der Waals surface area (Å²) >= 11 is 0. The van der Waals surface area contributed by atoms with Gasteiger partial charge in [0.1, 0.15) is 5.52 Å². The molecule has 0 bridgehead atoms. The van der Waals surface area contributed by atoms with Crippen LogP contribution in [0.25, 0.3) is 11.2 Å². The Hall–Kier alpha value is -2.37. The maximum atomic E-state index is 4.62. The Bertz CT molecular complexity index is 756. The molecule has 0 aromatic carbocycles. The summed E-state index contributed by atoms with van der Waals surface area (Å²) in [5.74, 6) is 0.886.